The van der Waals surface area contributed by atoms with Crippen LogP contribution in [0.3, 0.4) is 0 Å². The fourth-order valence-corrected chi connectivity index (χ4v) is 3.93. The van der Waals surface area contributed by atoms with Crippen LogP contribution < -0.4 is 5.73 Å². The van der Waals surface area contributed by atoms with Gasteiger partial charge in [0.05, 0.1) is 11.6 Å². The lowest BCUT2D eigenvalue weighted by atomic mass is 9.65. The van der Waals surface area contributed by atoms with Crippen molar-refractivity contribution < 1.29 is 5.11 Å². The first-order chi connectivity index (χ1) is 10.2. The summed E-state index contributed by atoms with van der Waals surface area (Å²) in [5.41, 5.74) is 7.82. The fourth-order valence-electron chi connectivity index (χ4n) is 3.93. The zero-order valence-electron chi connectivity index (χ0n) is 12.6. The maximum atomic E-state index is 11.1. The van der Waals surface area contributed by atoms with Crippen LogP contribution in [0.1, 0.15) is 44.3 Å². The van der Waals surface area contributed by atoms with E-state index in [0.29, 0.717) is 12.5 Å². The number of fused-ring (bicyclic) bond motifs is 1. The molecule has 112 valence electrons. The molecule has 3 unspecified atom stereocenters. The molecule has 0 amide bonds. The molecule has 1 heterocycles. The van der Waals surface area contributed by atoms with Gasteiger partial charge in [-0.15, -0.1) is 0 Å². The molecule has 1 saturated carbocycles. The van der Waals surface area contributed by atoms with E-state index in [1.165, 1.54) is 6.42 Å². The highest BCUT2D eigenvalue weighted by Gasteiger charge is 2.41. The number of hydrogen-bond acceptors (Lipinski definition) is 3. The lowest BCUT2D eigenvalue weighted by molar-refractivity contribution is -0.0122. The highest BCUT2D eigenvalue weighted by Crippen LogP contribution is 2.48. The quantitative estimate of drug-likeness (QED) is 0.908. The second kappa shape index (κ2) is 5.74. The molecule has 0 radical (unpaired) electrons. The number of aliphatic hydroxyl groups is 1. The molecule has 3 N–H and O–H groups in total. The molecular formula is C18H24N2O. The van der Waals surface area contributed by atoms with Crippen molar-refractivity contribution in [2.45, 2.75) is 38.7 Å². The third-order valence-electron chi connectivity index (χ3n) is 5.09. The first-order valence-corrected chi connectivity index (χ1v) is 7.88. The van der Waals surface area contributed by atoms with Gasteiger partial charge in [-0.2, -0.15) is 0 Å². The highest BCUT2D eigenvalue weighted by molar-refractivity contribution is 5.82. The van der Waals surface area contributed by atoms with Crippen LogP contribution in [0, 0.1) is 11.3 Å². The number of aliphatic hydroxyl groups excluding tert-OH is 1. The van der Waals surface area contributed by atoms with Crippen LogP contribution >= 0.6 is 0 Å². The number of nitrogens with two attached hydrogens (primary N) is 1. The minimum atomic E-state index is -0.516. The monoisotopic (exact) mass is 284 g/mol. The minimum absolute atomic E-state index is 0.193. The van der Waals surface area contributed by atoms with Crippen molar-refractivity contribution in [1.82, 2.24) is 4.98 Å². The first kappa shape index (κ1) is 14.5. The van der Waals surface area contributed by atoms with Crippen LogP contribution in [0.4, 0.5) is 0 Å². The van der Waals surface area contributed by atoms with E-state index in [9.17, 15) is 5.11 Å². The van der Waals surface area contributed by atoms with Gasteiger partial charge in [-0.05, 0) is 36.5 Å². The Morgan fingerprint density at radius 1 is 1.38 bits per heavy atom. The van der Waals surface area contributed by atoms with Gasteiger partial charge < -0.3 is 10.8 Å². The number of nitrogens with zero attached hydrogens (tertiary/aromatic N) is 1. The van der Waals surface area contributed by atoms with E-state index in [-0.39, 0.29) is 5.41 Å². The molecule has 2 aromatic rings. The van der Waals surface area contributed by atoms with Gasteiger partial charge >= 0.3 is 0 Å². The summed E-state index contributed by atoms with van der Waals surface area (Å²) in [6.07, 6.45) is 5.67. The van der Waals surface area contributed by atoms with Crippen LogP contribution in [0.15, 0.2) is 36.5 Å². The van der Waals surface area contributed by atoms with Crippen molar-refractivity contribution in [2.75, 3.05) is 6.54 Å². The number of hydrogen-bond donors (Lipinski definition) is 2. The summed E-state index contributed by atoms with van der Waals surface area (Å²) in [7, 11) is 0. The second-order valence-electron chi connectivity index (χ2n) is 6.59. The summed E-state index contributed by atoms with van der Waals surface area (Å²) in [4.78, 5) is 4.39. The molecule has 1 aliphatic carbocycles. The molecule has 0 aliphatic heterocycles. The first-order valence-electron chi connectivity index (χ1n) is 7.88. The summed E-state index contributed by atoms with van der Waals surface area (Å²) < 4.78 is 0. The average Bonchev–Trinajstić information content (AvgIpc) is 2.53. The Labute approximate surface area is 126 Å². The predicted molar refractivity (Wildman–Crippen MR) is 85.8 cm³/mol. The Kier molecular flexibility index (Phi) is 3.96. The lowest BCUT2D eigenvalue weighted by Crippen LogP contribution is -2.40. The van der Waals surface area contributed by atoms with Gasteiger partial charge in [0.1, 0.15) is 0 Å². The van der Waals surface area contributed by atoms with Crippen molar-refractivity contribution in [3.63, 3.8) is 0 Å². The van der Waals surface area contributed by atoms with E-state index in [4.69, 9.17) is 5.73 Å². The molecule has 3 rings (SSSR count). The third-order valence-corrected chi connectivity index (χ3v) is 5.09. The Morgan fingerprint density at radius 3 is 2.95 bits per heavy atom. The van der Waals surface area contributed by atoms with Crippen molar-refractivity contribution >= 4 is 10.9 Å². The summed E-state index contributed by atoms with van der Waals surface area (Å²) >= 11 is 0. The molecule has 0 bridgehead atoms. The zero-order valence-corrected chi connectivity index (χ0v) is 12.6. The smallest absolute Gasteiger partial charge is 0.0865 e. The number of aromatic nitrogens is 1. The van der Waals surface area contributed by atoms with Gasteiger partial charge in [-0.1, -0.05) is 38.0 Å². The van der Waals surface area contributed by atoms with Gasteiger partial charge in [0.2, 0.25) is 0 Å². The average molecular weight is 284 g/mol. The maximum Gasteiger partial charge on any atom is 0.0865 e. The van der Waals surface area contributed by atoms with Crippen molar-refractivity contribution in [3.05, 3.63) is 42.1 Å². The number of benzene rings is 1. The Balaban J connectivity index is 2.04. The van der Waals surface area contributed by atoms with Gasteiger partial charge in [-0.25, -0.2) is 0 Å². The molecule has 3 atom stereocenters. The van der Waals surface area contributed by atoms with E-state index >= 15 is 0 Å². The largest absolute Gasteiger partial charge is 0.388 e. The van der Waals surface area contributed by atoms with Gasteiger partial charge in [0.15, 0.2) is 0 Å². The molecule has 1 fully saturated rings. The number of rotatable bonds is 3. The standard InChI is InChI=1S/C18H24N2O/c1-13-5-4-9-18(11-13,12-19)17(21)15-8-10-20-16-7-3-2-6-14(15)16/h2-3,6-8,10,13,17,21H,4-5,9,11-12,19H2,1H3. The predicted octanol–water partition coefficient (Wildman–Crippen LogP) is 3.42. The topological polar surface area (TPSA) is 59.1 Å². The number of pyridine rings is 1. The van der Waals surface area contributed by atoms with E-state index in [1.54, 1.807) is 6.20 Å². The van der Waals surface area contributed by atoms with Gasteiger partial charge in [-0.3, -0.25) is 4.98 Å². The molecular weight excluding hydrogens is 260 g/mol. The van der Waals surface area contributed by atoms with Crippen LogP contribution in [-0.4, -0.2) is 16.6 Å². The van der Waals surface area contributed by atoms with E-state index in [0.717, 1.165) is 35.7 Å². The maximum absolute atomic E-state index is 11.1. The normalized spacial score (nSPS) is 27.7. The van der Waals surface area contributed by atoms with Gasteiger partial charge in [0.25, 0.3) is 0 Å². The molecule has 1 aromatic heterocycles. The van der Waals surface area contributed by atoms with E-state index in [2.05, 4.69) is 11.9 Å². The fraction of sp³-hybridized carbons (Fsp3) is 0.500. The summed E-state index contributed by atoms with van der Waals surface area (Å²) in [6, 6.07) is 9.96. The summed E-state index contributed by atoms with van der Waals surface area (Å²) in [6.45, 7) is 2.80. The highest BCUT2D eigenvalue weighted by atomic mass is 16.3. The van der Waals surface area contributed by atoms with Crippen molar-refractivity contribution in [1.29, 1.82) is 0 Å². The van der Waals surface area contributed by atoms with Gasteiger partial charge in [0, 0.05) is 23.5 Å². The molecule has 3 heteroatoms. The molecule has 0 saturated heterocycles. The van der Waals surface area contributed by atoms with Crippen LogP contribution in [0.5, 0.6) is 0 Å². The molecule has 1 aromatic carbocycles. The molecule has 0 spiro atoms. The lowest BCUT2D eigenvalue weighted by Gasteiger charge is -2.43. The van der Waals surface area contributed by atoms with Crippen molar-refractivity contribution in [3.8, 4) is 0 Å². The van der Waals surface area contributed by atoms with Crippen LogP contribution in [0.25, 0.3) is 10.9 Å². The minimum Gasteiger partial charge on any atom is -0.388 e. The molecule has 21 heavy (non-hydrogen) atoms. The Hall–Kier alpha value is -1.45. The molecule has 3 nitrogen and oxygen atoms in total. The summed E-state index contributed by atoms with van der Waals surface area (Å²) in [5.74, 6) is 0.630. The zero-order chi connectivity index (χ0) is 14.9. The second-order valence-corrected chi connectivity index (χ2v) is 6.59. The Bertz CT molecular complexity index is 622. The third kappa shape index (κ3) is 2.56. The van der Waals surface area contributed by atoms with E-state index < -0.39 is 6.10 Å². The van der Waals surface area contributed by atoms with Crippen LogP contribution in [-0.2, 0) is 0 Å². The molecule has 1 aliphatic rings. The number of para-hydroxylation sites is 1. The Morgan fingerprint density at radius 2 is 2.19 bits per heavy atom. The van der Waals surface area contributed by atoms with E-state index in [1.807, 2.05) is 30.3 Å². The summed E-state index contributed by atoms with van der Waals surface area (Å²) in [5, 5.41) is 12.1. The SMILES string of the molecule is CC1CCCC(CN)(C(O)c2ccnc3ccccc23)C1. The van der Waals surface area contributed by atoms with Crippen LogP contribution in [0.2, 0.25) is 0 Å². The van der Waals surface area contributed by atoms with Crippen molar-refractivity contribution in [2.24, 2.45) is 17.1 Å².